The molecule has 0 aromatic rings. The van der Waals surface area contributed by atoms with Crippen LogP contribution in [0.2, 0.25) is 0 Å². The predicted octanol–water partition coefficient (Wildman–Crippen LogP) is 2.56. The summed E-state index contributed by atoms with van der Waals surface area (Å²) in [6, 6.07) is 0. The van der Waals surface area contributed by atoms with Gasteiger partial charge >= 0.3 is 5.97 Å². The highest BCUT2D eigenvalue weighted by Crippen LogP contribution is 2.26. The van der Waals surface area contributed by atoms with Crippen LogP contribution >= 0.6 is 11.6 Å². The summed E-state index contributed by atoms with van der Waals surface area (Å²) in [6.45, 7) is 2.64. The number of halogens is 1. The first-order chi connectivity index (χ1) is 10.4. The highest BCUT2D eigenvalue weighted by atomic mass is 35.5. The molecule has 7 heteroatoms. The molecular formula is C15H20ClNO4S. The molecule has 2 aliphatic rings. The lowest BCUT2D eigenvalue weighted by Gasteiger charge is -2.30. The summed E-state index contributed by atoms with van der Waals surface area (Å²) in [4.78, 5) is 12.1. The van der Waals surface area contributed by atoms with Gasteiger partial charge in [-0.3, -0.25) is 4.79 Å². The van der Waals surface area contributed by atoms with Gasteiger partial charge in [-0.15, -0.1) is 0 Å². The summed E-state index contributed by atoms with van der Waals surface area (Å²) in [7, 11) is -3.61. The number of allylic oxidation sites excluding steroid dienone is 5. The predicted molar refractivity (Wildman–Crippen MR) is 85.6 cm³/mol. The average Bonchev–Trinajstić information content (AvgIpc) is 2.73. The van der Waals surface area contributed by atoms with E-state index in [1.54, 1.807) is 25.2 Å². The number of rotatable bonds is 4. The molecule has 1 heterocycles. The Hall–Kier alpha value is -1.11. The van der Waals surface area contributed by atoms with E-state index in [1.165, 1.54) is 10.4 Å². The van der Waals surface area contributed by atoms with E-state index in [-0.39, 0.29) is 23.3 Å². The number of esters is 1. The molecule has 122 valence electrons. The third kappa shape index (κ3) is 4.00. The van der Waals surface area contributed by atoms with Gasteiger partial charge in [0.2, 0.25) is 10.0 Å². The standard InChI is InChI=1S/C15H20ClNO4S/c1-2-21-15(18)12-5-4-10-17(11-12)22(19,20)14-7-3-6-13(16)8-9-14/h6-9,12H,2-5,10-11H2,1H3/t12-/m0/s1. The Morgan fingerprint density at radius 3 is 2.91 bits per heavy atom. The first kappa shape index (κ1) is 17.2. The van der Waals surface area contributed by atoms with Crippen molar-refractivity contribution < 1.29 is 17.9 Å². The molecule has 0 aromatic heterocycles. The van der Waals surface area contributed by atoms with Crippen molar-refractivity contribution in [1.82, 2.24) is 4.31 Å². The quantitative estimate of drug-likeness (QED) is 0.734. The van der Waals surface area contributed by atoms with Crippen molar-refractivity contribution in [2.75, 3.05) is 19.7 Å². The van der Waals surface area contributed by atoms with E-state index in [9.17, 15) is 13.2 Å². The number of hydrogen-bond donors (Lipinski definition) is 0. The molecule has 1 fully saturated rings. The van der Waals surface area contributed by atoms with Crippen LogP contribution in [-0.4, -0.2) is 38.4 Å². The van der Waals surface area contributed by atoms with Crippen molar-refractivity contribution in [1.29, 1.82) is 0 Å². The molecule has 1 aliphatic carbocycles. The van der Waals surface area contributed by atoms with Gasteiger partial charge < -0.3 is 4.74 Å². The SMILES string of the molecule is CCOC(=O)[C@H]1CCCN(S(=O)(=O)C2=CCC=C(Cl)C=C2)C1. The summed E-state index contributed by atoms with van der Waals surface area (Å²) < 4.78 is 31.8. The number of carbonyl (C=O) groups excluding carboxylic acids is 1. The van der Waals surface area contributed by atoms with Crippen LogP contribution in [0, 0.1) is 5.92 Å². The van der Waals surface area contributed by atoms with Crippen molar-refractivity contribution in [2.24, 2.45) is 5.92 Å². The van der Waals surface area contributed by atoms with Gasteiger partial charge in [-0.2, -0.15) is 4.31 Å². The summed E-state index contributed by atoms with van der Waals surface area (Å²) >= 11 is 5.89. The Kier molecular flexibility index (Phi) is 5.83. The van der Waals surface area contributed by atoms with Crippen LogP contribution in [0.25, 0.3) is 0 Å². The molecular weight excluding hydrogens is 326 g/mol. The van der Waals surface area contributed by atoms with Gasteiger partial charge in [0.1, 0.15) is 0 Å². The van der Waals surface area contributed by atoms with Crippen molar-refractivity contribution in [3.63, 3.8) is 0 Å². The van der Waals surface area contributed by atoms with Crippen molar-refractivity contribution in [2.45, 2.75) is 26.2 Å². The monoisotopic (exact) mass is 345 g/mol. The number of piperidine rings is 1. The minimum Gasteiger partial charge on any atom is -0.466 e. The minimum atomic E-state index is -3.61. The van der Waals surface area contributed by atoms with E-state index < -0.39 is 10.0 Å². The van der Waals surface area contributed by atoms with Crippen LogP contribution in [0.3, 0.4) is 0 Å². The van der Waals surface area contributed by atoms with E-state index >= 15 is 0 Å². The summed E-state index contributed by atoms with van der Waals surface area (Å²) in [6.07, 6.45) is 8.24. The fraction of sp³-hybridized carbons (Fsp3) is 0.533. The Bertz CT molecular complexity index is 621. The molecule has 2 rings (SSSR count). The fourth-order valence-corrected chi connectivity index (χ4v) is 4.28. The van der Waals surface area contributed by atoms with Gasteiger partial charge in [-0.1, -0.05) is 23.8 Å². The average molecular weight is 346 g/mol. The smallest absolute Gasteiger partial charge is 0.310 e. The number of sulfonamides is 1. The van der Waals surface area contributed by atoms with Crippen LogP contribution in [0.4, 0.5) is 0 Å². The third-order valence-corrected chi connectivity index (χ3v) is 5.87. The molecule has 1 saturated heterocycles. The van der Waals surface area contributed by atoms with Gasteiger partial charge in [0.05, 0.1) is 17.4 Å². The number of carbonyl (C=O) groups is 1. The first-order valence-corrected chi connectivity index (χ1v) is 9.17. The lowest BCUT2D eigenvalue weighted by atomic mass is 10.0. The molecule has 0 N–H and O–H groups in total. The Morgan fingerprint density at radius 2 is 2.18 bits per heavy atom. The van der Waals surface area contributed by atoms with E-state index in [0.717, 1.165) is 0 Å². The van der Waals surface area contributed by atoms with E-state index in [1.807, 2.05) is 0 Å². The molecule has 5 nitrogen and oxygen atoms in total. The van der Waals surface area contributed by atoms with Crippen LogP contribution in [0.5, 0.6) is 0 Å². The van der Waals surface area contributed by atoms with Crippen molar-refractivity contribution in [3.8, 4) is 0 Å². The second-order valence-electron chi connectivity index (χ2n) is 5.22. The highest BCUT2D eigenvalue weighted by Gasteiger charge is 2.34. The Balaban J connectivity index is 2.14. The molecule has 0 aromatic carbocycles. The minimum absolute atomic E-state index is 0.174. The molecule has 0 amide bonds. The van der Waals surface area contributed by atoms with E-state index in [0.29, 0.717) is 37.4 Å². The van der Waals surface area contributed by atoms with Crippen LogP contribution < -0.4 is 0 Å². The Labute approximate surface area is 136 Å². The van der Waals surface area contributed by atoms with Gasteiger partial charge in [0, 0.05) is 18.1 Å². The van der Waals surface area contributed by atoms with E-state index in [4.69, 9.17) is 16.3 Å². The maximum Gasteiger partial charge on any atom is 0.310 e. The molecule has 0 spiro atoms. The van der Waals surface area contributed by atoms with Crippen LogP contribution in [0.1, 0.15) is 26.2 Å². The summed E-state index contributed by atoms with van der Waals surface area (Å²) in [5.41, 5.74) is 0. The highest BCUT2D eigenvalue weighted by molar-refractivity contribution is 7.93. The fourth-order valence-electron chi connectivity index (χ4n) is 2.54. The lowest BCUT2D eigenvalue weighted by Crippen LogP contribution is -2.43. The van der Waals surface area contributed by atoms with Crippen molar-refractivity contribution >= 4 is 27.6 Å². The van der Waals surface area contributed by atoms with Gasteiger partial charge in [-0.25, -0.2) is 8.42 Å². The third-order valence-electron chi connectivity index (χ3n) is 3.68. The van der Waals surface area contributed by atoms with E-state index in [2.05, 4.69) is 0 Å². The maximum absolute atomic E-state index is 12.7. The zero-order valence-corrected chi connectivity index (χ0v) is 14.1. The molecule has 22 heavy (non-hydrogen) atoms. The molecule has 1 aliphatic heterocycles. The normalized spacial score (nSPS) is 23.5. The lowest BCUT2D eigenvalue weighted by molar-refractivity contribution is -0.149. The maximum atomic E-state index is 12.7. The zero-order chi connectivity index (χ0) is 16.2. The van der Waals surface area contributed by atoms with Gasteiger partial charge in [0.25, 0.3) is 0 Å². The molecule has 0 bridgehead atoms. The largest absolute Gasteiger partial charge is 0.466 e. The Morgan fingerprint density at radius 1 is 1.41 bits per heavy atom. The van der Waals surface area contributed by atoms with Crippen LogP contribution in [0.15, 0.2) is 34.2 Å². The molecule has 0 unspecified atom stereocenters. The van der Waals surface area contributed by atoms with Crippen molar-refractivity contribution in [3.05, 3.63) is 34.2 Å². The number of hydrogen-bond acceptors (Lipinski definition) is 4. The molecule has 0 saturated carbocycles. The molecule has 0 radical (unpaired) electrons. The zero-order valence-electron chi connectivity index (χ0n) is 12.5. The summed E-state index contributed by atoms with van der Waals surface area (Å²) in [5.74, 6) is -0.710. The van der Waals surface area contributed by atoms with Gasteiger partial charge in [-0.05, 0) is 38.3 Å². The topological polar surface area (TPSA) is 63.7 Å². The molecule has 1 atom stereocenters. The second-order valence-corrected chi connectivity index (χ2v) is 7.59. The number of nitrogens with zero attached hydrogens (tertiary/aromatic N) is 1. The first-order valence-electron chi connectivity index (χ1n) is 7.36. The van der Waals surface area contributed by atoms with Gasteiger partial charge in [0.15, 0.2) is 0 Å². The number of ether oxygens (including phenoxy) is 1. The van der Waals surface area contributed by atoms with Crippen LogP contribution in [-0.2, 0) is 19.6 Å². The second kappa shape index (κ2) is 7.44. The summed E-state index contributed by atoms with van der Waals surface area (Å²) in [5, 5.41) is 0.518.